The average molecular weight is 425 g/mol. The highest BCUT2D eigenvalue weighted by Gasteiger charge is 2.27. The van der Waals surface area contributed by atoms with E-state index >= 15 is 0 Å². The molecule has 0 fully saturated rings. The van der Waals surface area contributed by atoms with E-state index in [0.29, 0.717) is 18.0 Å². The monoisotopic (exact) mass is 425 g/mol. The van der Waals surface area contributed by atoms with Crippen LogP contribution in [0.5, 0.6) is 5.75 Å². The number of urea groups is 1. The molecule has 3 heterocycles. The fourth-order valence-electron chi connectivity index (χ4n) is 3.69. The molecule has 0 saturated heterocycles. The lowest BCUT2D eigenvalue weighted by Gasteiger charge is -2.28. The van der Waals surface area contributed by atoms with E-state index in [2.05, 4.69) is 34.7 Å². The van der Waals surface area contributed by atoms with Crippen LogP contribution in [0.3, 0.4) is 0 Å². The standard InChI is InChI=1S/C22H27N5O4/c1-24(2)22(29)27-18(12-25(3)23-27)14-31-21-15-30-19(10-20(21)28)13-26-9-8-16-6-4-5-7-17(16)11-26/h4-7,10,12,15,23H,8-9,11,13-14H2,1-3H3. The molecule has 1 aromatic heterocycles. The summed E-state index contributed by atoms with van der Waals surface area (Å²) in [5, 5.41) is 3.01. The van der Waals surface area contributed by atoms with Gasteiger partial charge in [-0.3, -0.25) is 14.7 Å². The third-order valence-corrected chi connectivity index (χ3v) is 5.28. The van der Waals surface area contributed by atoms with Gasteiger partial charge < -0.3 is 14.1 Å². The SMILES string of the molecule is CN1C=C(COc2coc(CN3CCc4ccccc4C3)cc2=O)N(C(=O)N(C)C)N1. The molecule has 1 aromatic carbocycles. The van der Waals surface area contributed by atoms with E-state index in [1.54, 1.807) is 32.4 Å². The van der Waals surface area contributed by atoms with Crippen molar-refractivity contribution < 1.29 is 13.9 Å². The van der Waals surface area contributed by atoms with Crippen LogP contribution < -0.4 is 15.7 Å². The molecule has 2 amide bonds. The first kappa shape index (κ1) is 21.0. The molecule has 9 nitrogen and oxygen atoms in total. The van der Waals surface area contributed by atoms with Gasteiger partial charge in [-0.25, -0.2) is 9.80 Å². The molecule has 0 bridgehead atoms. The maximum Gasteiger partial charge on any atom is 0.339 e. The fourth-order valence-corrected chi connectivity index (χ4v) is 3.69. The highest BCUT2D eigenvalue weighted by atomic mass is 16.5. The van der Waals surface area contributed by atoms with Gasteiger partial charge in [0.05, 0.1) is 12.2 Å². The molecule has 164 valence electrons. The second-order valence-electron chi connectivity index (χ2n) is 7.94. The van der Waals surface area contributed by atoms with Crippen LogP contribution in [-0.4, -0.2) is 60.1 Å². The Morgan fingerprint density at radius 3 is 2.77 bits per heavy atom. The molecule has 2 aliphatic rings. The molecule has 1 N–H and O–H groups in total. The molecule has 0 saturated carbocycles. The summed E-state index contributed by atoms with van der Waals surface area (Å²) in [6, 6.07) is 9.66. The van der Waals surface area contributed by atoms with E-state index in [9.17, 15) is 9.59 Å². The first-order valence-electron chi connectivity index (χ1n) is 10.2. The van der Waals surface area contributed by atoms with Crippen molar-refractivity contribution in [2.24, 2.45) is 0 Å². The summed E-state index contributed by atoms with van der Waals surface area (Å²) in [7, 11) is 5.09. The van der Waals surface area contributed by atoms with Gasteiger partial charge in [0, 0.05) is 46.5 Å². The van der Waals surface area contributed by atoms with Gasteiger partial charge in [0.15, 0.2) is 0 Å². The minimum atomic E-state index is -0.246. The number of rotatable bonds is 5. The Hall–Kier alpha value is -3.30. The Morgan fingerprint density at radius 2 is 2.03 bits per heavy atom. The van der Waals surface area contributed by atoms with E-state index in [-0.39, 0.29) is 23.8 Å². The van der Waals surface area contributed by atoms with Crippen LogP contribution in [0, 0.1) is 0 Å². The molecule has 31 heavy (non-hydrogen) atoms. The summed E-state index contributed by atoms with van der Waals surface area (Å²) in [4.78, 5) is 28.5. The molecule has 9 heteroatoms. The smallest absolute Gasteiger partial charge is 0.339 e. The minimum absolute atomic E-state index is 0.0456. The van der Waals surface area contributed by atoms with Crippen molar-refractivity contribution in [1.82, 2.24) is 25.4 Å². The van der Waals surface area contributed by atoms with Gasteiger partial charge in [-0.1, -0.05) is 24.3 Å². The number of nitrogens with zero attached hydrogens (tertiary/aromatic N) is 4. The van der Waals surface area contributed by atoms with Crippen molar-refractivity contribution in [2.45, 2.75) is 19.5 Å². The van der Waals surface area contributed by atoms with Gasteiger partial charge in [0.25, 0.3) is 0 Å². The third-order valence-electron chi connectivity index (χ3n) is 5.28. The Labute approximate surface area is 181 Å². The van der Waals surface area contributed by atoms with Crippen molar-refractivity contribution in [3.8, 4) is 5.75 Å². The summed E-state index contributed by atoms with van der Waals surface area (Å²) in [6.45, 7) is 2.37. The van der Waals surface area contributed by atoms with E-state index in [1.807, 2.05) is 0 Å². The maximum absolute atomic E-state index is 12.5. The number of hydrazine groups is 2. The number of hydrogen-bond donors (Lipinski definition) is 1. The Balaban J connectivity index is 1.38. The zero-order valence-electron chi connectivity index (χ0n) is 18.0. The average Bonchev–Trinajstić information content (AvgIpc) is 3.12. The van der Waals surface area contributed by atoms with Crippen LogP contribution >= 0.6 is 0 Å². The molecule has 0 atom stereocenters. The Morgan fingerprint density at radius 1 is 1.26 bits per heavy atom. The van der Waals surface area contributed by atoms with E-state index in [4.69, 9.17) is 9.15 Å². The number of benzene rings is 1. The Bertz CT molecular complexity index is 1050. The van der Waals surface area contributed by atoms with Crippen molar-refractivity contribution >= 4 is 6.03 Å². The number of carbonyl (C=O) groups is 1. The molecule has 0 spiro atoms. The van der Waals surface area contributed by atoms with Crippen molar-refractivity contribution in [2.75, 3.05) is 34.3 Å². The first-order chi connectivity index (χ1) is 14.9. The maximum atomic E-state index is 12.5. The van der Waals surface area contributed by atoms with Gasteiger partial charge in [-0.15, -0.1) is 5.53 Å². The molecular weight excluding hydrogens is 398 g/mol. The van der Waals surface area contributed by atoms with E-state index < -0.39 is 0 Å². The number of amides is 2. The van der Waals surface area contributed by atoms with Crippen LogP contribution in [0.15, 0.2) is 57.7 Å². The second-order valence-corrected chi connectivity index (χ2v) is 7.94. The molecule has 0 radical (unpaired) electrons. The summed E-state index contributed by atoms with van der Waals surface area (Å²) in [6.07, 6.45) is 4.06. The first-order valence-corrected chi connectivity index (χ1v) is 10.2. The molecule has 2 aliphatic heterocycles. The van der Waals surface area contributed by atoms with Crippen LogP contribution in [0.1, 0.15) is 16.9 Å². The van der Waals surface area contributed by atoms with Gasteiger partial charge in [-0.2, -0.15) is 0 Å². The van der Waals surface area contributed by atoms with Crippen LogP contribution in [-0.2, 0) is 19.5 Å². The van der Waals surface area contributed by atoms with Crippen LogP contribution in [0.4, 0.5) is 4.79 Å². The molecule has 2 aromatic rings. The predicted molar refractivity (Wildman–Crippen MR) is 115 cm³/mol. The van der Waals surface area contributed by atoms with E-state index in [0.717, 1.165) is 19.5 Å². The molecule has 0 unspecified atom stereocenters. The fraction of sp³-hybridized carbons (Fsp3) is 0.364. The quantitative estimate of drug-likeness (QED) is 0.782. The predicted octanol–water partition coefficient (Wildman–Crippen LogP) is 1.77. The number of ether oxygens (including phenoxy) is 1. The van der Waals surface area contributed by atoms with Gasteiger partial charge >= 0.3 is 6.03 Å². The van der Waals surface area contributed by atoms with Gasteiger partial charge in [0.2, 0.25) is 11.2 Å². The lowest BCUT2D eigenvalue weighted by Crippen LogP contribution is -2.47. The lowest BCUT2D eigenvalue weighted by molar-refractivity contribution is 0.125. The van der Waals surface area contributed by atoms with Crippen LogP contribution in [0.25, 0.3) is 0 Å². The van der Waals surface area contributed by atoms with Gasteiger partial charge in [0.1, 0.15) is 18.6 Å². The summed E-state index contributed by atoms with van der Waals surface area (Å²) in [5.41, 5.74) is 5.92. The summed E-state index contributed by atoms with van der Waals surface area (Å²) < 4.78 is 11.3. The van der Waals surface area contributed by atoms with Crippen molar-refractivity contribution in [3.05, 3.63) is 75.6 Å². The highest BCUT2D eigenvalue weighted by molar-refractivity contribution is 5.75. The lowest BCUT2D eigenvalue weighted by atomic mass is 10.00. The normalized spacial score (nSPS) is 16.2. The number of fused-ring (bicyclic) bond motifs is 1. The topological polar surface area (TPSA) is 81.5 Å². The zero-order valence-corrected chi connectivity index (χ0v) is 18.0. The number of carbonyl (C=O) groups excluding carboxylic acids is 1. The summed E-state index contributed by atoms with van der Waals surface area (Å²) in [5.74, 6) is 0.711. The number of nitrogens with one attached hydrogen (secondary N) is 1. The molecule has 0 aliphatic carbocycles. The number of hydrogen-bond acceptors (Lipinski definition) is 7. The third kappa shape index (κ3) is 4.73. The highest BCUT2D eigenvalue weighted by Crippen LogP contribution is 2.20. The van der Waals surface area contributed by atoms with Crippen molar-refractivity contribution in [3.63, 3.8) is 0 Å². The van der Waals surface area contributed by atoms with Gasteiger partial charge in [-0.05, 0) is 17.5 Å². The van der Waals surface area contributed by atoms with Crippen LogP contribution in [0.2, 0.25) is 0 Å². The van der Waals surface area contributed by atoms with Crippen molar-refractivity contribution in [1.29, 1.82) is 0 Å². The Kier molecular flexibility index (Phi) is 5.97. The minimum Gasteiger partial charge on any atom is -0.480 e. The second kappa shape index (κ2) is 8.83. The molecular formula is C22H27N5O4. The molecule has 4 rings (SSSR count). The zero-order chi connectivity index (χ0) is 22.0. The van der Waals surface area contributed by atoms with E-state index in [1.165, 1.54) is 33.4 Å². The largest absolute Gasteiger partial charge is 0.480 e. The summed E-state index contributed by atoms with van der Waals surface area (Å²) >= 11 is 0.